The maximum atomic E-state index is 13.0. The predicted octanol–water partition coefficient (Wildman–Crippen LogP) is 2.52. The zero-order valence-corrected chi connectivity index (χ0v) is 15.6. The van der Waals surface area contributed by atoms with Gasteiger partial charge in [-0.1, -0.05) is 5.16 Å². The molecule has 140 valence electrons. The van der Waals surface area contributed by atoms with Crippen LogP contribution in [0.15, 0.2) is 4.52 Å². The van der Waals surface area contributed by atoms with E-state index in [2.05, 4.69) is 15.1 Å². The summed E-state index contributed by atoms with van der Waals surface area (Å²) in [5.74, 6) is 0.678. The molecule has 3 heterocycles. The number of carbonyl (C=O) groups excluding carboxylic acids is 2. The number of aryl methyl sites for hydroxylation is 2. The highest BCUT2D eigenvalue weighted by atomic mass is 16.5. The fourth-order valence-corrected chi connectivity index (χ4v) is 3.47. The number of ether oxygens (including phenoxy) is 1. The minimum atomic E-state index is -0.407. The average molecular weight is 360 g/mol. The van der Waals surface area contributed by atoms with Crippen molar-refractivity contribution in [3.8, 4) is 0 Å². The summed E-state index contributed by atoms with van der Waals surface area (Å²) in [6.45, 7) is 8.56. The number of hydrogen-bond acceptors (Lipinski definition) is 6. The average Bonchev–Trinajstić information content (AvgIpc) is 3.18. The molecule has 1 saturated heterocycles. The maximum absolute atomic E-state index is 13.0. The number of amides is 1. The molecule has 1 fully saturated rings. The van der Waals surface area contributed by atoms with E-state index in [-0.39, 0.29) is 11.8 Å². The van der Waals surface area contributed by atoms with Crippen molar-refractivity contribution >= 4 is 11.9 Å². The number of H-pyrrole nitrogens is 1. The molecule has 1 N–H and O–H groups in total. The van der Waals surface area contributed by atoms with Crippen molar-refractivity contribution in [1.82, 2.24) is 20.0 Å². The molecule has 2 aromatic heterocycles. The lowest BCUT2D eigenvalue weighted by atomic mass is 9.97. The molecule has 1 aliphatic rings. The molecule has 8 nitrogen and oxygen atoms in total. The molecule has 0 bridgehead atoms. The van der Waals surface area contributed by atoms with Gasteiger partial charge in [-0.05, 0) is 46.1 Å². The normalized spacial score (nSPS) is 17.4. The van der Waals surface area contributed by atoms with Crippen molar-refractivity contribution in [2.45, 2.75) is 46.5 Å². The number of esters is 1. The summed E-state index contributed by atoms with van der Waals surface area (Å²) in [7, 11) is 0. The highest BCUT2D eigenvalue weighted by molar-refractivity contribution is 6.00. The number of nitrogens with zero attached hydrogens (tertiary/aromatic N) is 3. The van der Waals surface area contributed by atoms with E-state index < -0.39 is 5.97 Å². The molecule has 26 heavy (non-hydrogen) atoms. The van der Waals surface area contributed by atoms with E-state index >= 15 is 0 Å². The van der Waals surface area contributed by atoms with Crippen LogP contribution in [0.25, 0.3) is 0 Å². The summed E-state index contributed by atoms with van der Waals surface area (Å²) in [5, 5.41) is 3.84. The van der Waals surface area contributed by atoms with E-state index in [0.29, 0.717) is 53.9 Å². The topological polar surface area (TPSA) is 101 Å². The third-order valence-electron chi connectivity index (χ3n) is 4.73. The predicted molar refractivity (Wildman–Crippen MR) is 93.1 cm³/mol. The summed E-state index contributed by atoms with van der Waals surface area (Å²) in [6.07, 6.45) is 1.77. The van der Waals surface area contributed by atoms with E-state index in [4.69, 9.17) is 9.26 Å². The summed E-state index contributed by atoms with van der Waals surface area (Å²) >= 11 is 0. The Bertz CT molecular complexity index is 823. The number of piperidine rings is 1. The largest absolute Gasteiger partial charge is 0.462 e. The number of hydrogen-bond donors (Lipinski definition) is 1. The molecular weight excluding hydrogens is 336 g/mol. The van der Waals surface area contributed by atoms with Gasteiger partial charge in [-0.25, -0.2) is 4.79 Å². The quantitative estimate of drug-likeness (QED) is 0.841. The molecule has 0 saturated carbocycles. The van der Waals surface area contributed by atoms with Gasteiger partial charge in [0, 0.05) is 18.8 Å². The molecule has 1 amide bonds. The van der Waals surface area contributed by atoms with Crippen LogP contribution in [-0.4, -0.2) is 51.6 Å². The summed E-state index contributed by atoms with van der Waals surface area (Å²) in [6, 6.07) is 0. The number of rotatable bonds is 4. The Labute approximate surface area is 151 Å². The van der Waals surface area contributed by atoms with Crippen LogP contribution in [0, 0.1) is 20.8 Å². The Morgan fingerprint density at radius 1 is 1.35 bits per heavy atom. The van der Waals surface area contributed by atoms with Crippen LogP contribution >= 0.6 is 0 Å². The van der Waals surface area contributed by atoms with Crippen LogP contribution in [0.2, 0.25) is 0 Å². The zero-order chi connectivity index (χ0) is 18.8. The van der Waals surface area contributed by atoms with Gasteiger partial charge < -0.3 is 19.1 Å². The zero-order valence-electron chi connectivity index (χ0n) is 15.6. The van der Waals surface area contributed by atoms with Crippen LogP contribution < -0.4 is 0 Å². The first-order valence-corrected chi connectivity index (χ1v) is 8.88. The summed E-state index contributed by atoms with van der Waals surface area (Å²) in [4.78, 5) is 34.3. The number of nitrogens with one attached hydrogen (secondary N) is 1. The van der Waals surface area contributed by atoms with E-state index in [1.807, 2.05) is 0 Å². The lowest BCUT2D eigenvalue weighted by Gasteiger charge is -2.31. The van der Waals surface area contributed by atoms with Crippen LogP contribution in [-0.2, 0) is 4.74 Å². The third-order valence-corrected chi connectivity index (χ3v) is 4.73. The molecule has 8 heteroatoms. The van der Waals surface area contributed by atoms with E-state index in [0.717, 1.165) is 12.8 Å². The fourth-order valence-electron chi connectivity index (χ4n) is 3.47. The fraction of sp³-hybridized carbons (Fsp3) is 0.556. The first-order valence-electron chi connectivity index (χ1n) is 8.88. The molecule has 0 radical (unpaired) electrons. The van der Waals surface area contributed by atoms with Crippen LogP contribution in [0.5, 0.6) is 0 Å². The van der Waals surface area contributed by atoms with Crippen molar-refractivity contribution < 1.29 is 18.8 Å². The van der Waals surface area contributed by atoms with E-state index in [1.165, 1.54) is 0 Å². The van der Waals surface area contributed by atoms with E-state index in [1.54, 1.807) is 32.6 Å². The van der Waals surface area contributed by atoms with Gasteiger partial charge in [0.15, 0.2) is 5.82 Å². The van der Waals surface area contributed by atoms with Crippen molar-refractivity contribution in [1.29, 1.82) is 0 Å². The smallest absolute Gasteiger partial charge is 0.340 e. The first kappa shape index (κ1) is 18.2. The van der Waals surface area contributed by atoms with Crippen LogP contribution in [0.4, 0.5) is 0 Å². The minimum Gasteiger partial charge on any atom is -0.462 e. The molecule has 1 unspecified atom stereocenters. The van der Waals surface area contributed by atoms with E-state index in [9.17, 15) is 9.59 Å². The summed E-state index contributed by atoms with van der Waals surface area (Å²) < 4.78 is 10.4. The minimum absolute atomic E-state index is 0.0368. The van der Waals surface area contributed by atoms with Gasteiger partial charge in [0.2, 0.25) is 5.89 Å². The SMILES string of the molecule is CCOC(=O)c1c(C)[nH]c(C(=O)N2CCCC(c3nc(C)no3)C2)c1C. The van der Waals surface area contributed by atoms with Crippen LogP contribution in [0.3, 0.4) is 0 Å². The monoisotopic (exact) mass is 360 g/mol. The Balaban J connectivity index is 1.80. The van der Waals surface area contributed by atoms with Gasteiger partial charge in [-0.3, -0.25) is 4.79 Å². The number of aromatic nitrogens is 3. The number of likely N-dealkylation sites (tertiary alicyclic amines) is 1. The Kier molecular flexibility index (Phi) is 5.11. The second-order valence-corrected chi connectivity index (χ2v) is 6.62. The third kappa shape index (κ3) is 3.36. The molecular formula is C18H24N4O4. The molecule has 0 aliphatic carbocycles. The lowest BCUT2D eigenvalue weighted by Crippen LogP contribution is -2.39. The Morgan fingerprint density at radius 3 is 2.77 bits per heavy atom. The number of carbonyl (C=O) groups is 2. The maximum Gasteiger partial charge on any atom is 0.340 e. The van der Waals surface area contributed by atoms with Gasteiger partial charge in [0.25, 0.3) is 5.91 Å². The van der Waals surface area contributed by atoms with Crippen molar-refractivity contribution in [2.24, 2.45) is 0 Å². The van der Waals surface area contributed by atoms with Crippen LogP contribution in [0.1, 0.15) is 69.5 Å². The second-order valence-electron chi connectivity index (χ2n) is 6.62. The second kappa shape index (κ2) is 7.31. The van der Waals surface area contributed by atoms with Gasteiger partial charge in [0.1, 0.15) is 5.69 Å². The molecule has 2 aromatic rings. The molecule has 0 spiro atoms. The lowest BCUT2D eigenvalue weighted by molar-refractivity contribution is 0.0525. The van der Waals surface area contributed by atoms with Gasteiger partial charge in [-0.15, -0.1) is 0 Å². The van der Waals surface area contributed by atoms with Crippen molar-refractivity contribution in [3.63, 3.8) is 0 Å². The molecule has 3 rings (SSSR count). The molecule has 0 aromatic carbocycles. The van der Waals surface area contributed by atoms with Gasteiger partial charge >= 0.3 is 5.97 Å². The van der Waals surface area contributed by atoms with Crippen molar-refractivity contribution in [3.05, 3.63) is 34.2 Å². The summed E-state index contributed by atoms with van der Waals surface area (Å²) in [5.41, 5.74) is 2.15. The number of aromatic amines is 1. The standard InChI is InChI=1S/C18H24N4O4/c1-5-25-18(24)14-10(2)15(19-11(14)3)17(23)22-8-6-7-13(9-22)16-20-12(4)21-26-16/h13,19H,5-9H2,1-4H3. The Hall–Kier alpha value is -2.64. The van der Waals surface area contributed by atoms with Gasteiger partial charge in [-0.2, -0.15) is 4.98 Å². The molecule has 1 atom stereocenters. The van der Waals surface area contributed by atoms with Crippen molar-refractivity contribution in [2.75, 3.05) is 19.7 Å². The highest BCUT2D eigenvalue weighted by Gasteiger charge is 2.31. The van der Waals surface area contributed by atoms with Gasteiger partial charge in [0.05, 0.1) is 18.1 Å². The molecule has 1 aliphatic heterocycles. The highest BCUT2D eigenvalue weighted by Crippen LogP contribution is 2.28. The Morgan fingerprint density at radius 2 is 2.12 bits per heavy atom. The first-order chi connectivity index (χ1) is 12.4.